The van der Waals surface area contributed by atoms with E-state index in [2.05, 4.69) is 10.6 Å². The van der Waals surface area contributed by atoms with Crippen LogP contribution in [0.3, 0.4) is 0 Å². The average Bonchev–Trinajstić information content (AvgIpc) is 2.49. The lowest BCUT2D eigenvalue weighted by Gasteiger charge is -2.09. The maximum absolute atomic E-state index is 11.6. The zero-order valence-corrected chi connectivity index (χ0v) is 12.4. The highest BCUT2D eigenvalue weighted by Gasteiger charge is 2.10. The summed E-state index contributed by atoms with van der Waals surface area (Å²) in [6.45, 7) is 2.53. The minimum Gasteiger partial charge on any atom is -0.497 e. The standard InChI is InChI=1S/C15H22N2O4/c1-11(14(18)19)5-4-8-16-15(20)17-10-12-6-3-7-13(9-12)21-2/h3,6-7,9,11H,4-5,8,10H2,1-2H3,(H,18,19)(H2,16,17,20). The number of carboxylic acid groups (broad SMARTS) is 1. The molecule has 1 unspecified atom stereocenters. The van der Waals surface area contributed by atoms with E-state index in [0.29, 0.717) is 25.9 Å². The molecule has 0 saturated carbocycles. The van der Waals surface area contributed by atoms with Crippen molar-refractivity contribution in [2.24, 2.45) is 5.92 Å². The normalized spacial score (nSPS) is 11.5. The molecule has 21 heavy (non-hydrogen) atoms. The molecule has 1 rings (SSSR count). The highest BCUT2D eigenvalue weighted by atomic mass is 16.5. The monoisotopic (exact) mass is 294 g/mol. The van der Waals surface area contributed by atoms with Gasteiger partial charge in [-0.1, -0.05) is 19.1 Å². The summed E-state index contributed by atoms with van der Waals surface area (Å²) in [5.41, 5.74) is 0.948. The van der Waals surface area contributed by atoms with Crippen molar-refractivity contribution in [2.45, 2.75) is 26.3 Å². The molecule has 1 atom stereocenters. The van der Waals surface area contributed by atoms with Gasteiger partial charge < -0.3 is 20.5 Å². The molecular weight excluding hydrogens is 272 g/mol. The highest BCUT2D eigenvalue weighted by Crippen LogP contribution is 2.12. The summed E-state index contributed by atoms with van der Waals surface area (Å²) < 4.78 is 5.11. The van der Waals surface area contributed by atoms with Crippen LogP contribution in [0.15, 0.2) is 24.3 Å². The lowest BCUT2D eigenvalue weighted by Crippen LogP contribution is -2.35. The van der Waals surface area contributed by atoms with Crippen molar-refractivity contribution in [1.82, 2.24) is 10.6 Å². The topological polar surface area (TPSA) is 87.7 Å². The number of benzene rings is 1. The number of hydrogen-bond acceptors (Lipinski definition) is 3. The van der Waals surface area contributed by atoms with Crippen LogP contribution in [0.5, 0.6) is 5.75 Å². The average molecular weight is 294 g/mol. The molecule has 0 aliphatic carbocycles. The Hall–Kier alpha value is -2.24. The SMILES string of the molecule is COc1cccc(CNC(=O)NCCCC(C)C(=O)O)c1. The van der Waals surface area contributed by atoms with E-state index in [9.17, 15) is 9.59 Å². The van der Waals surface area contributed by atoms with Crippen LogP contribution in [0.25, 0.3) is 0 Å². The van der Waals surface area contributed by atoms with Crippen LogP contribution >= 0.6 is 0 Å². The molecule has 0 radical (unpaired) electrons. The van der Waals surface area contributed by atoms with Gasteiger partial charge in [-0.3, -0.25) is 4.79 Å². The summed E-state index contributed by atoms with van der Waals surface area (Å²) >= 11 is 0. The second kappa shape index (κ2) is 8.84. The minimum atomic E-state index is -0.808. The molecule has 0 fully saturated rings. The van der Waals surface area contributed by atoms with Crippen molar-refractivity contribution < 1.29 is 19.4 Å². The fourth-order valence-corrected chi connectivity index (χ4v) is 1.76. The van der Waals surface area contributed by atoms with Crippen molar-refractivity contribution in [3.63, 3.8) is 0 Å². The van der Waals surface area contributed by atoms with Crippen molar-refractivity contribution in [1.29, 1.82) is 0 Å². The van der Waals surface area contributed by atoms with E-state index >= 15 is 0 Å². The summed E-state index contributed by atoms with van der Waals surface area (Å²) in [5.74, 6) is -0.443. The number of ether oxygens (including phenoxy) is 1. The van der Waals surface area contributed by atoms with Gasteiger partial charge in [0, 0.05) is 13.1 Å². The van der Waals surface area contributed by atoms with E-state index in [1.807, 2.05) is 24.3 Å². The Morgan fingerprint density at radius 1 is 1.33 bits per heavy atom. The number of nitrogens with one attached hydrogen (secondary N) is 2. The molecule has 0 heterocycles. The van der Waals surface area contributed by atoms with Crippen LogP contribution in [-0.4, -0.2) is 30.8 Å². The fourth-order valence-electron chi connectivity index (χ4n) is 1.76. The van der Waals surface area contributed by atoms with Gasteiger partial charge >= 0.3 is 12.0 Å². The number of urea groups is 1. The lowest BCUT2D eigenvalue weighted by atomic mass is 10.1. The van der Waals surface area contributed by atoms with Crippen molar-refractivity contribution >= 4 is 12.0 Å². The van der Waals surface area contributed by atoms with E-state index < -0.39 is 5.97 Å². The van der Waals surface area contributed by atoms with Gasteiger partial charge in [0.15, 0.2) is 0 Å². The fraction of sp³-hybridized carbons (Fsp3) is 0.467. The molecule has 1 aromatic rings. The van der Waals surface area contributed by atoms with Gasteiger partial charge in [-0.25, -0.2) is 4.79 Å². The number of rotatable bonds is 8. The second-order valence-electron chi connectivity index (χ2n) is 4.84. The first-order valence-electron chi connectivity index (χ1n) is 6.90. The van der Waals surface area contributed by atoms with Crippen molar-refractivity contribution in [3.8, 4) is 5.75 Å². The number of aliphatic carboxylic acids is 1. The van der Waals surface area contributed by atoms with Crippen LogP contribution in [0.2, 0.25) is 0 Å². The maximum Gasteiger partial charge on any atom is 0.315 e. The van der Waals surface area contributed by atoms with Gasteiger partial charge in [0.25, 0.3) is 0 Å². The Balaban J connectivity index is 2.20. The van der Waals surface area contributed by atoms with Crippen molar-refractivity contribution in [2.75, 3.05) is 13.7 Å². The third-order valence-electron chi connectivity index (χ3n) is 3.11. The Morgan fingerprint density at radius 3 is 2.76 bits per heavy atom. The van der Waals surface area contributed by atoms with Gasteiger partial charge in [-0.05, 0) is 30.5 Å². The molecule has 3 N–H and O–H groups in total. The van der Waals surface area contributed by atoms with Crippen LogP contribution in [-0.2, 0) is 11.3 Å². The van der Waals surface area contributed by atoms with Gasteiger partial charge in [0.1, 0.15) is 5.75 Å². The van der Waals surface area contributed by atoms with E-state index in [0.717, 1.165) is 11.3 Å². The quantitative estimate of drug-likeness (QED) is 0.640. The number of amides is 2. The summed E-state index contributed by atoms with van der Waals surface area (Å²) in [7, 11) is 1.59. The number of methoxy groups -OCH3 is 1. The molecule has 0 spiro atoms. The third-order valence-corrected chi connectivity index (χ3v) is 3.11. The minimum absolute atomic E-state index is 0.263. The predicted octanol–water partition coefficient (Wildman–Crippen LogP) is 2.00. The second-order valence-corrected chi connectivity index (χ2v) is 4.84. The molecule has 6 heteroatoms. The first-order chi connectivity index (χ1) is 10.0. The lowest BCUT2D eigenvalue weighted by molar-refractivity contribution is -0.141. The van der Waals surface area contributed by atoms with E-state index in [1.165, 1.54) is 0 Å². The van der Waals surface area contributed by atoms with Crippen LogP contribution in [0.1, 0.15) is 25.3 Å². The Kier molecular flexibility index (Phi) is 7.08. The first-order valence-corrected chi connectivity index (χ1v) is 6.90. The van der Waals surface area contributed by atoms with Gasteiger partial charge in [-0.2, -0.15) is 0 Å². The van der Waals surface area contributed by atoms with Crippen LogP contribution in [0.4, 0.5) is 4.79 Å². The number of carboxylic acids is 1. The summed E-state index contributed by atoms with van der Waals surface area (Å²) in [6.07, 6.45) is 1.19. The molecule has 6 nitrogen and oxygen atoms in total. The number of carbonyl (C=O) groups is 2. The van der Waals surface area contributed by atoms with E-state index in [-0.39, 0.29) is 11.9 Å². The van der Waals surface area contributed by atoms with Crippen molar-refractivity contribution in [3.05, 3.63) is 29.8 Å². The predicted molar refractivity (Wildman–Crippen MR) is 79.3 cm³/mol. The van der Waals surface area contributed by atoms with Crippen LogP contribution in [0, 0.1) is 5.92 Å². The molecule has 1 aromatic carbocycles. The summed E-state index contributed by atoms with van der Waals surface area (Å²) in [5, 5.41) is 14.2. The highest BCUT2D eigenvalue weighted by molar-refractivity contribution is 5.73. The Labute approximate surface area is 124 Å². The Bertz CT molecular complexity index is 476. The maximum atomic E-state index is 11.6. The molecule has 0 aliphatic rings. The van der Waals surface area contributed by atoms with Gasteiger partial charge in [-0.15, -0.1) is 0 Å². The molecule has 2 amide bonds. The van der Waals surface area contributed by atoms with Gasteiger partial charge in [0.2, 0.25) is 0 Å². The number of hydrogen-bond donors (Lipinski definition) is 3. The molecule has 0 saturated heterocycles. The third kappa shape index (κ3) is 6.65. The molecule has 0 aromatic heterocycles. The van der Waals surface area contributed by atoms with Crippen LogP contribution < -0.4 is 15.4 Å². The first kappa shape index (κ1) is 16.8. The van der Waals surface area contributed by atoms with E-state index in [4.69, 9.17) is 9.84 Å². The Morgan fingerprint density at radius 2 is 2.10 bits per heavy atom. The smallest absolute Gasteiger partial charge is 0.315 e. The zero-order chi connectivity index (χ0) is 15.7. The molecule has 0 bridgehead atoms. The van der Waals surface area contributed by atoms with E-state index in [1.54, 1.807) is 14.0 Å². The zero-order valence-electron chi connectivity index (χ0n) is 12.4. The molecule has 0 aliphatic heterocycles. The molecule has 116 valence electrons. The summed E-state index contributed by atoms with van der Waals surface area (Å²) in [4.78, 5) is 22.2. The largest absolute Gasteiger partial charge is 0.497 e. The summed E-state index contributed by atoms with van der Waals surface area (Å²) in [6, 6.07) is 7.20. The molecular formula is C15H22N2O4. The van der Waals surface area contributed by atoms with Gasteiger partial charge in [0.05, 0.1) is 13.0 Å². The number of carbonyl (C=O) groups excluding carboxylic acids is 1.